The summed E-state index contributed by atoms with van der Waals surface area (Å²) in [6, 6.07) is 11.2. The van der Waals surface area contributed by atoms with Crippen molar-refractivity contribution in [3.63, 3.8) is 0 Å². The third kappa shape index (κ3) is 4.31. The van der Waals surface area contributed by atoms with Crippen LogP contribution in [0.5, 0.6) is 11.6 Å². The van der Waals surface area contributed by atoms with Gasteiger partial charge in [0.25, 0.3) is 0 Å². The van der Waals surface area contributed by atoms with Gasteiger partial charge < -0.3 is 4.74 Å². The van der Waals surface area contributed by atoms with Crippen LogP contribution in [0.2, 0.25) is 0 Å². The summed E-state index contributed by atoms with van der Waals surface area (Å²) in [7, 11) is 1.87. The maximum Gasteiger partial charge on any atom is 0.219 e. The summed E-state index contributed by atoms with van der Waals surface area (Å²) in [5.41, 5.74) is 0.609. The van der Waals surface area contributed by atoms with Gasteiger partial charge >= 0.3 is 0 Å². The molecule has 0 bridgehead atoms. The molecule has 0 saturated heterocycles. The lowest BCUT2D eigenvalue weighted by Crippen LogP contribution is -2.07. The number of nitrogens with zero attached hydrogens (tertiary/aromatic N) is 1. The molecule has 0 aliphatic rings. The standard InChI is InChI=1S/C16H18N2O2S/c1-11(2)16(19)12-4-9-15(18-10-12)20-13-5-7-14(8-6-13)21-17-3/h4-11,17H,1-3H3. The smallest absolute Gasteiger partial charge is 0.219 e. The Hall–Kier alpha value is -1.85. The number of nitrogens with one attached hydrogen (secondary N) is 1. The largest absolute Gasteiger partial charge is 0.439 e. The van der Waals surface area contributed by atoms with Gasteiger partial charge in [0.2, 0.25) is 5.88 Å². The number of Topliss-reactive ketones (excluding diaryl/α,β-unsaturated/α-hetero) is 1. The highest BCUT2D eigenvalue weighted by atomic mass is 32.2. The fraction of sp³-hybridized carbons (Fsp3) is 0.250. The van der Waals surface area contributed by atoms with Crippen LogP contribution in [-0.2, 0) is 0 Å². The first-order valence-electron chi connectivity index (χ1n) is 6.72. The molecule has 0 aliphatic carbocycles. The third-order valence-corrected chi connectivity index (χ3v) is 3.52. The number of ketones is 1. The normalized spacial score (nSPS) is 10.7. The van der Waals surface area contributed by atoms with Crippen molar-refractivity contribution >= 4 is 17.7 Å². The maximum absolute atomic E-state index is 11.8. The van der Waals surface area contributed by atoms with Gasteiger partial charge in [-0.25, -0.2) is 4.98 Å². The molecule has 1 aromatic carbocycles. The second-order valence-electron chi connectivity index (χ2n) is 4.78. The molecule has 0 amide bonds. The Bertz CT molecular complexity index is 595. The first-order valence-corrected chi connectivity index (χ1v) is 7.53. The molecule has 0 unspecified atom stereocenters. The van der Waals surface area contributed by atoms with E-state index in [1.807, 2.05) is 45.2 Å². The van der Waals surface area contributed by atoms with Gasteiger partial charge in [-0.1, -0.05) is 13.8 Å². The van der Waals surface area contributed by atoms with Crippen LogP contribution in [0.4, 0.5) is 0 Å². The van der Waals surface area contributed by atoms with E-state index in [0.717, 1.165) is 4.90 Å². The predicted octanol–water partition coefficient (Wildman–Crippen LogP) is 3.94. The lowest BCUT2D eigenvalue weighted by Gasteiger charge is -2.07. The minimum absolute atomic E-state index is 0.0317. The quantitative estimate of drug-likeness (QED) is 0.647. The van der Waals surface area contributed by atoms with E-state index >= 15 is 0 Å². The highest BCUT2D eigenvalue weighted by Crippen LogP contribution is 2.23. The van der Waals surface area contributed by atoms with Crippen molar-refractivity contribution < 1.29 is 9.53 Å². The van der Waals surface area contributed by atoms with E-state index in [0.29, 0.717) is 17.2 Å². The van der Waals surface area contributed by atoms with Gasteiger partial charge in [0.15, 0.2) is 5.78 Å². The van der Waals surface area contributed by atoms with E-state index in [4.69, 9.17) is 4.74 Å². The predicted molar refractivity (Wildman–Crippen MR) is 84.8 cm³/mol. The summed E-state index contributed by atoms with van der Waals surface area (Å²) < 4.78 is 8.67. The summed E-state index contributed by atoms with van der Waals surface area (Å²) in [6.45, 7) is 3.74. The van der Waals surface area contributed by atoms with E-state index in [9.17, 15) is 4.79 Å². The highest BCUT2D eigenvalue weighted by Gasteiger charge is 2.10. The minimum Gasteiger partial charge on any atom is -0.439 e. The first kappa shape index (κ1) is 15.5. The zero-order chi connectivity index (χ0) is 15.2. The van der Waals surface area contributed by atoms with Crippen LogP contribution in [0.15, 0.2) is 47.5 Å². The molecule has 4 nitrogen and oxygen atoms in total. The molecule has 2 rings (SSSR count). The number of hydrogen-bond acceptors (Lipinski definition) is 5. The van der Waals surface area contributed by atoms with E-state index in [1.54, 1.807) is 18.3 Å². The fourth-order valence-corrected chi connectivity index (χ4v) is 2.24. The SMILES string of the molecule is CNSc1ccc(Oc2ccc(C(=O)C(C)C)cn2)cc1. The Morgan fingerprint density at radius 1 is 1.19 bits per heavy atom. The maximum atomic E-state index is 11.8. The van der Waals surface area contributed by atoms with Crippen molar-refractivity contribution in [2.45, 2.75) is 18.7 Å². The second kappa shape index (κ2) is 7.24. The highest BCUT2D eigenvalue weighted by molar-refractivity contribution is 7.97. The Morgan fingerprint density at radius 2 is 1.90 bits per heavy atom. The van der Waals surface area contributed by atoms with Crippen molar-refractivity contribution in [3.8, 4) is 11.6 Å². The summed E-state index contributed by atoms with van der Waals surface area (Å²) in [5.74, 6) is 1.24. The van der Waals surface area contributed by atoms with Crippen LogP contribution >= 0.6 is 11.9 Å². The summed E-state index contributed by atoms with van der Waals surface area (Å²) in [5, 5.41) is 0. The van der Waals surface area contributed by atoms with Crippen LogP contribution in [-0.4, -0.2) is 17.8 Å². The molecule has 0 atom stereocenters. The molecule has 5 heteroatoms. The van der Waals surface area contributed by atoms with Crippen molar-refractivity contribution in [2.24, 2.45) is 5.92 Å². The van der Waals surface area contributed by atoms with Crippen molar-refractivity contribution in [1.82, 2.24) is 9.71 Å². The number of hydrogen-bond donors (Lipinski definition) is 1. The molecule has 1 N–H and O–H groups in total. The van der Waals surface area contributed by atoms with Gasteiger partial charge in [-0.15, -0.1) is 0 Å². The van der Waals surface area contributed by atoms with Gasteiger partial charge in [0, 0.05) is 28.6 Å². The lowest BCUT2D eigenvalue weighted by atomic mass is 10.0. The van der Waals surface area contributed by atoms with Gasteiger partial charge in [-0.3, -0.25) is 9.52 Å². The molecule has 21 heavy (non-hydrogen) atoms. The summed E-state index contributed by atoms with van der Waals surface area (Å²) in [4.78, 5) is 17.1. The molecule has 1 aromatic heterocycles. The zero-order valence-electron chi connectivity index (χ0n) is 12.3. The average Bonchev–Trinajstić information content (AvgIpc) is 2.49. The van der Waals surface area contributed by atoms with Gasteiger partial charge in [0.1, 0.15) is 5.75 Å². The average molecular weight is 302 g/mol. The Balaban J connectivity index is 2.04. The molecular weight excluding hydrogens is 284 g/mol. The van der Waals surface area contributed by atoms with Gasteiger partial charge in [-0.05, 0) is 49.3 Å². The van der Waals surface area contributed by atoms with Crippen LogP contribution in [0.25, 0.3) is 0 Å². The van der Waals surface area contributed by atoms with Crippen molar-refractivity contribution in [3.05, 3.63) is 48.2 Å². The van der Waals surface area contributed by atoms with Crippen LogP contribution in [0.1, 0.15) is 24.2 Å². The summed E-state index contributed by atoms with van der Waals surface area (Å²) in [6.07, 6.45) is 1.56. The molecular formula is C16H18N2O2S. The number of pyridine rings is 1. The van der Waals surface area contributed by atoms with E-state index in [-0.39, 0.29) is 11.7 Å². The van der Waals surface area contributed by atoms with E-state index in [2.05, 4.69) is 9.71 Å². The molecule has 1 heterocycles. The number of benzene rings is 1. The van der Waals surface area contributed by atoms with Crippen molar-refractivity contribution in [1.29, 1.82) is 0 Å². The Labute approximate surface area is 129 Å². The van der Waals surface area contributed by atoms with Crippen LogP contribution in [0, 0.1) is 5.92 Å². The minimum atomic E-state index is -0.0317. The third-order valence-electron chi connectivity index (χ3n) is 2.81. The monoisotopic (exact) mass is 302 g/mol. The Kier molecular flexibility index (Phi) is 5.36. The van der Waals surface area contributed by atoms with Crippen LogP contribution < -0.4 is 9.46 Å². The topological polar surface area (TPSA) is 51.2 Å². The molecule has 0 aliphatic heterocycles. The Morgan fingerprint density at radius 3 is 2.43 bits per heavy atom. The van der Waals surface area contributed by atoms with Crippen molar-refractivity contribution in [2.75, 3.05) is 7.05 Å². The number of carbonyl (C=O) groups is 1. The second-order valence-corrected chi connectivity index (χ2v) is 5.87. The van der Waals surface area contributed by atoms with E-state index in [1.165, 1.54) is 11.9 Å². The number of rotatable bonds is 6. The molecule has 110 valence electrons. The number of aromatic nitrogens is 1. The number of ether oxygens (including phenoxy) is 1. The zero-order valence-corrected chi connectivity index (χ0v) is 13.1. The summed E-state index contributed by atoms with van der Waals surface area (Å²) >= 11 is 1.54. The van der Waals surface area contributed by atoms with Gasteiger partial charge in [-0.2, -0.15) is 0 Å². The fourth-order valence-electron chi connectivity index (χ4n) is 1.73. The van der Waals surface area contributed by atoms with Crippen LogP contribution in [0.3, 0.4) is 0 Å². The molecule has 0 fully saturated rings. The first-order chi connectivity index (χ1) is 10.1. The van der Waals surface area contributed by atoms with Gasteiger partial charge in [0.05, 0.1) is 0 Å². The molecule has 0 saturated carbocycles. The number of carbonyl (C=O) groups excluding carboxylic acids is 1. The van der Waals surface area contributed by atoms with E-state index < -0.39 is 0 Å². The molecule has 0 spiro atoms. The molecule has 2 aromatic rings. The lowest BCUT2D eigenvalue weighted by molar-refractivity contribution is 0.0939. The molecule has 0 radical (unpaired) electrons.